The first-order chi connectivity index (χ1) is 28.2. The van der Waals surface area contributed by atoms with Crippen LogP contribution in [0.2, 0.25) is 0 Å². The molecular formula is C51H30N4O2. The van der Waals surface area contributed by atoms with E-state index in [0.717, 1.165) is 99.2 Å². The van der Waals surface area contributed by atoms with E-state index < -0.39 is 0 Å². The third kappa shape index (κ3) is 4.94. The molecule has 0 atom stereocenters. The van der Waals surface area contributed by atoms with E-state index >= 15 is 0 Å². The van der Waals surface area contributed by atoms with E-state index in [0.29, 0.717) is 17.5 Å². The number of benzene rings is 8. The second-order valence-corrected chi connectivity index (χ2v) is 14.4. The van der Waals surface area contributed by atoms with Gasteiger partial charge in [0, 0.05) is 60.8 Å². The molecule has 266 valence electrons. The Kier molecular flexibility index (Phi) is 6.83. The Balaban J connectivity index is 1.10. The van der Waals surface area contributed by atoms with Gasteiger partial charge in [-0.25, -0.2) is 15.0 Å². The minimum Gasteiger partial charge on any atom is -0.456 e. The molecule has 12 aromatic rings. The number of nitrogens with zero attached hydrogens (tertiary/aromatic N) is 4. The lowest BCUT2D eigenvalue weighted by atomic mass is 10.0. The molecule has 0 radical (unpaired) electrons. The van der Waals surface area contributed by atoms with Crippen LogP contribution in [-0.2, 0) is 0 Å². The molecule has 6 nitrogen and oxygen atoms in total. The summed E-state index contributed by atoms with van der Waals surface area (Å²) in [6.07, 6.45) is 0. The fourth-order valence-electron chi connectivity index (χ4n) is 8.48. The second-order valence-electron chi connectivity index (χ2n) is 14.4. The monoisotopic (exact) mass is 730 g/mol. The van der Waals surface area contributed by atoms with E-state index in [1.54, 1.807) is 0 Å². The summed E-state index contributed by atoms with van der Waals surface area (Å²) in [4.78, 5) is 15.7. The molecule has 0 N–H and O–H groups in total. The largest absolute Gasteiger partial charge is 0.456 e. The Morgan fingerprint density at radius 1 is 0.351 bits per heavy atom. The normalized spacial score (nSPS) is 11.9. The third-order valence-corrected chi connectivity index (χ3v) is 11.1. The molecule has 4 heterocycles. The summed E-state index contributed by atoms with van der Waals surface area (Å²) < 4.78 is 15.2. The Hall–Kier alpha value is -7.83. The predicted molar refractivity (Wildman–Crippen MR) is 230 cm³/mol. The highest BCUT2D eigenvalue weighted by atomic mass is 16.3. The van der Waals surface area contributed by atoms with Crippen molar-refractivity contribution in [3.05, 3.63) is 182 Å². The van der Waals surface area contributed by atoms with Crippen molar-refractivity contribution in [2.24, 2.45) is 0 Å². The van der Waals surface area contributed by atoms with Gasteiger partial charge >= 0.3 is 0 Å². The fraction of sp³-hybridized carbons (Fsp3) is 0. The van der Waals surface area contributed by atoms with E-state index in [1.165, 1.54) is 0 Å². The number of furan rings is 2. The Labute approximate surface area is 325 Å². The molecule has 0 saturated heterocycles. The van der Waals surface area contributed by atoms with Crippen LogP contribution in [0, 0.1) is 0 Å². The van der Waals surface area contributed by atoms with Crippen molar-refractivity contribution in [1.29, 1.82) is 0 Å². The number of hydrogen-bond donors (Lipinski definition) is 0. The molecule has 0 fully saturated rings. The molecule has 0 spiro atoms. The number of rotatable bonds is 5. The van der Waals surface area contributed by atoms with Crippen LogP contribution in [0.4, 0.5) is 0 Å². The standard InChI is InChI=1S/C51H30N4O2/c1-3-13-31(14-4-1)33-25-27-36-37-28-26-34(30-46(37)57-45(36)29-33)55-42-22-9-7-17-35(42)38-19-11-21-41(48(38)55)51-53-49(32-15-5-2-6-16-32)52-50(54-51)40-20-12-24-44-47(40)39-18-8-10-23-43(39)56-44/h1-30H. The maximum absolute atomic E-state index is 6.63. The summed E-state index contributed by atoms with van der Waals surface area (Å²) in [6, 6.07) is 62.6. The summed E-state index contributed by atoms with van der Waals surface area (Å²) in [7, 11) is 0. The predicted octanol–water partition coefficient (Wildman–Crippen LogP) is 13.4. The number of para-hydroxylation sites is 3. The van der Waals surface area contributed by atoms with Crippen LogP contribution in [0.5, 0.6) is 0 Å². The molecule has 6 heteroatoms. The Morgan fingerprint density at radius 2 is 0.947 bits per heavy atom. The van der Waals surface area contributed by atoms with Crippen molar-refractivity contribution < 1.29 is 8.83 Å². The van der Waals surface area contributed by atoms with E-state index in [9.17, 15) is 0 Å². The number of aromatic nitrogens is 4. The van der Waals surface area contributed by atoms with Crippen molar-refractivity contribution in [3.8, 4) is 51.0 Å². The minimum atomic E-state index is 0.578. The van der Waals surface area contributed by atoms with Crippen molar-refractivity contribution >= 4 is 65.7 Å². The maximum Gasteiger partial charge on any atom is 0.166 e. The van der Waals surface area contributed by atoms with Crippen molar-refractivity contribution in [3.63, 3.8) is 0 Å². The quantitative estimate of drug-likeness (QED) is 0.176. The smallest absolute Gasteiger partial charge is 0.166 e. The van der Waals surface area contributed by atoms with Gasteiger partial charge in [0.15, 0.2) is 17.5 Å². The molecule has 0 aliphatic carbocycles. The molecule has 0 aliphatic rings. The van der Waals surface area contributed by atoms with E-state index in [4.69, 9.17) is 23.8 Å². The lowest BCUT2D eigenvalue weighted by Crippen LogP contribution is -2.02. The SMILES string of the molecule is c1ccc(-c2ccc3c(c2)oc2cc(-n4c5ccccc5c5cccc(-c6nc(-c7ccccc7)nc(-c7cccc8oc9ccccc9c78)n6)c54)ccc23)cc1. The van der Waals surface area contributed by atoms with Crippen molar-refractivity contribution in [2.75, 3.05) is 0 Å². The summed E-state index contributed by atoms with van der Waals surface area (Å²) in [5, 5.41) is 6.40. The molecular weight excluding hydrogens is 701 g/mol. The zero-order valence-electron chi connectivity index (χ0n) is 30.4. The van der Waals surface area contributed by atoms with Crippen LogP contribution in [-0.4, -0.2) is 19.5 Å². The molecule has 8 aromatic carbocycles. The van der Waals surface area contributed by atoms with E-state index in [-0.39, 0.29) is 0 Å². The van der Waals surface area contributed by atoms with Crippen molar-refractivity contribution in [2.45, 2.75) is 0 Å². The highest BCUT2D eigenvalue weighted by molar-refractivity contribution is 6.15. The molecule has 0 unspecified atom stereocenters. The van der Waals surface area contributed by atoms with Gasteiger partial charge in [-0.1, -0.05) is 127 Å². The first-order valence-electron chi connectivity index (χ1n) is 19.0. The van der Waals surface area contributed by atoms with E-state index in [1.807, 2.05) is 66.7 Å². The highest BCUT2D eigenvalue weighted by Crippen LogP contribution is 2.41. The molecule has 57 heavy (non-hydrogen) atoms. The van der Waals surface area contributed by atoms with E-state index in [2.05, 4.69) is 120 Å². The highest BCUT2D eigenvalue weighted by Gasteiger charge is 2.22. The topological polar surface area (TPSA) is 69.9 Å². The van der Waals surface area contributed by atoms with Gasteiger partial charge in [-0.2, -0.15) is 0 Å². The average molecular weight is 731 g/mol. The van der Waals surface area contributed by atoms with Gasteiger partial charge < -0.3 is 13.4 Å². The van der Waals surface area contributed by atoms with Crippen LogP contribution in [0.25, 0.3) is 117 Å². The molecule has 12 rings (SSSR count). The van der Waals surface area contributed by atoms with Gasteiger partial charge in [0.25, 0.3) is 0 Å². The van der Waals surface area contributed by atoms with Crippen LogP contribution < -0.4 is 0 Å². The zero-order chi connectivity index (χ0) is 37.5. The van der Waals surface area contributed by atoms with Gasteiger partial charge in [0.2, 0.25) is 0 Å². The minimum absolute atomic E-state index is 0.578. The van der Waals surface area contributed by atoms with Crippen molar-refractivity contribution in [1.82, 2.24) is 19.5 Å². The van der Waals surface area contributed by atoms with Gasteiger partial charge in [0.05, 0.1) is 11.0 Å². The molecule has 0 amide bonds. The van der Waals surface area contributed by atoms with Crippen LogP contribution in [0.15, 0.2) is 191 Å². The molecule has 0 saturated carbocycles. The Morgan fingerprint density at radius 3 is 1.79 bits per heavy atom. The molecule has 0 bridgehead atoms. The average Bonchev–Trinajstić information content (AvgIpc) is 3.96. The van der Waals surface area contributed by atoms with Gasteiger partial charge in [-0.05, 0) is 59.7 Å². The summed E-state index contributed by atoms with van der Waals surface area (Å²) in [6.45, 7) is 0. The van der Waals surface area contributed by atoms with Gasteiger partial charge in [0.1, 0.15) is 22.3 Å². The van der Waals surface area contributed by atoms with Gasteiger partial charge in [-0.3, -0.25) is 0 Å². The summed E-state index contributed by atoms with van der Waals surface area (Å²) in [5.41, 5.74) is 11.3. The molecule has 4 aromatic heterocycles. The molecule has 0 aliphatic heterocycles. The third-order valence-electron chi connectivity index (χ3n) is 11.1. The first-order valence-corrected chi connectivity index (χ1v) is 19.0. The second kappa shape index (κ2) is 12.3. The first kappa shape index (κ1) is 31.5. The zero-order valence-corrected chi connectivity index (χ0v) is 30.4. The lowest BCUT2D eigenvalue weighted by molar-refractivity contribution is 0.668. The van der Waals surface area contributed by atoms with Gasteiger partial charge in [-0.15, -0.1) is 0 Å². The number of hydrogen-bond acceptors (Lipinski definition) is 5. The lowest BCUT2D eigenvalue weighted by Gasteiger charge is -2.13. The van der Waals surface area contributed by atoms with Crippen LogP contribution >= 0.6 is 0 Å². The van der Waals surface area contributed by atoms with Crippen LogP contribution in [0.1, 0.15) is 0 Å². The summed E-state index contributed by atoms with van der Waals surface area (Å²) in [5.74, 6) is 1.75. The maximum atomic E-state index is 6.63. The number of fused-ring (bicyclic) bond motifs is 9. The Bertz CT molecular complexity index is 3530. The van der Waals surface area contributed by atoms with Crippen LogP contribution in [0.3, 0.4) is 0 Å². The summed E-state index contributed by atoms with van der Waals surface area (Å²) >= 11 is 0. The fourth-order valence-corrected chi connectivity index (χ4v) is 8.48.